The van der Waals surface area contributed by atoms with E-state index in [-0.39, 0.29) is 0 Å². The molecule has 56 valence electrons. The molecule has 0 atom stereocenters. The van der Waals surface area contributed by atoms with Crippen LogP contribution in [-0.4, -0.2) is 25.0 Å². The molecule has 0 unspecified atom stereocenters. The van der Waals surface area contributed by atoms with Crippen molar-refractivity contribution in [2.24, 2.45) is 0 Å². The van der Waals surface area contributed by atoms with Crippen molar-refractivity contribution in [2.45, 2.75) is 6.92 Å². The molecule has 0 amide bonds. The number of nitrogens with one attached hydrogen (secondary N) is 1. The predicted molar refractivity (Wildman–Crippen MR) is 38.2 cm³/mol. The summed E-state index contributed by atoms with van der Waals surface area (Å²) in [6.45, 7) is 1.92. The molecule has 0 fully saturated rings. The minimum absolute atomic E-state index is 0.637. The highest BCUT2D eigenvalue weighted by Gasteiger charge is 1.98. The summed E-state index contributed by atoms with van der Waals surface area (Å²) in [6, 6.07) is 1.91. The van der Waals surface area contributed by atoms with Crippen molar-refractivity contribution in [1.29, 1.82) is 0 Å². The van der Waals surface area contributed by atoms with Crippen molar-refractivity contribution in [3.8, 4) is 5.95 Å². The highest BCUT2D eigenvalue weighted by Crippen LogP contribution is 1.97. The Morgan fingerprint density at radius 1 is 1.55 bits per heavy atom. The molecule has 0 aliphatic rings. The quantitative estimate of drug-likeness (QED) is 0.634. The standard InChI is InChI=1S/C6H7N5/c1-5-2-3-11(10-5)6-7-4-8-9-6/h2-4H,1H3,(H,7,8,9). The third kappa shape index (κ3) is 1.000. The van der Waals surface area contributed by atoms with E-state index in [1.165, 1.54) is 6.33 Å². The molecular weight excluding hydrogens is 142 g/mol. The fraction of sp³-hybridized carbons (Fsp3) is 0.167. The van der Waals surface area contributed by atoms with E-state index < -0.39 is 0 Å². The summed E-state index contributed by atoms with van der Waals surface area (Å²) in [5.41, 5.74) is 0.960. The van der Waals surface area contributed by atoms with Gasteiger partial charge < -0.3 is 0 Å². The summed E-state index contributed by atoms with van der Waals surface area (Å²) in [5.74, 6) is 0.637. The molecule has 0 spiro atoms. The Balaban J connectivity index is 2.45. The van der Waals surface area contributed by atoms with Gasteiger partial charge in [0.2, 0.25) is 5.95 Å². The fourth-order valence-corrected chi connectivity index (χ4v) is 0.842. The average molecular weight is 149 g/mol. The SMILES string of the molecule is Cc1ccn(-c2ncn[nH]2)n1. The molecule has 0 aromatic carbocycles. The van der Waals surface area contributed by atoms with Gasteiger partial charge in [-0.05, 0) is 13.0 Å². The predicted octanol–water partition coefficient (Wildman–Crippen LogP) is 0.299. The molecule has 5 heteroatoms. The highest BCUT2D eigenvalue weighted by molar-refractivity contribution is 5.08. The van der Waals surface area contributed by atoms with Crippen LogP contribution in [0.3, 0.4) is 0 Å². The van der Waals surface area contributed by atoms with Crippen LogP contribution < -0.4 is 0 Å². The van der Waals surface area contributed by atoms with Gasteiger partial charge in [0.25, 0.3) is 0 Å². The molecule has 2 aromatic rings. The number of rotatable bonds is 1. The second-order valence-electron chi connectivity index (χ2n) is 2.21. The van der Waals surface area contributed by atoms with Crippen LogP contribution in [0.2, 0.25) is 0 Å². The first-order valence-electron chi connectivity index (χ1n) is 3.24. The second kappa shape index (κ2) is 2.19. The molecule has 0 bridgehead atoms. The minimum Gasteiger partial charge on any atom is -0.244 e. The van der Waals surface area contributed by atoms with Crippen molar-refractivity contribution < 1.29 is 0 Å². The van der Waals surface area contributed by atoms with E-state index in [2.05, 4.69) is 20.3 Å². The van der Waals surface area contributed by atoms with Gasteiger partial charge in [0.1, 0.15) is 6.33 Å². The average Bonchev–Trinajstić information content (AvgIpc) is 2.55. The van der Waals surface area contributed by atoms with E-state index in [0.717, 1.165) is 5.69 Å². The van der Waals surface area contributed by atoms with Crippen molar-refractivity contribution in [2.75, 3.05) is 0 Å². The Bertz CT molecular complexity index is 333. The first-order chi connectivity index (χ1) is 5.36. The van der Waals surface area contributed by atoms with Gasteiger partial charge in [-0.2, -0.15) is 15.2 Å². The van der Waals surface area contributed by atoms with Crippen molar-refractivity contribution in [3.05, 3.63) is 24.3 Å². The molecule has 0 radical (unpaired) electrons. The zero-order chi connectivity index (χ0) is 7.68. The molecule has 0 saturated heterocycles. The summed E-state index contributed by atoms with van der Waals surface area (Å²) < 4.78 is 1.64. The van der Waals surface area contributed by atoms with Crippen LogP contribution >= 0.6 is 0 Å². The van der Waals surface area contributed by atoms with Gasteiger partial charge in [0, 0.05) is 6.20 Å². The maximum atomic E-state index is 4.14. The van der Waals surface area contributed by atoms with E-state index in [0.29, 0.717) is 5.95 Å². The molecule has 0 aliphatic carbocycles. The number of hydrogen-bond acceptors (Lipinski definition) is 3. The van der Waals surface area contributed by atoms with E-state index in [1.54, 1.807) is 4.68 Å². The van der Waals surface area contributed by atoms with Gasteiger partial charge in [-0.3, -0.25) is 0 Å². The van der Waals surface area contributed by atoms with Gasteiger partial charge in [0.15, 0.2) is 0 Å². The molecule has 2 heterocycles. The summed E-state index contributed by atoms with van der Waals surface area (Å²) in [5, 5.41) is 10.6. The van der Waals surface area contributed by atoms with Crippen LogP contribution in [0.25, 0.3) is 5.95 Å². The maximum Gasteiger partial charge on any atom is 0.246 e. The Morgan fingerprint density at radius 3 is 3.00 bits per heavy atom. The Morgan fingerprint density at radius 2 is 2.45 bits per heavy atom. The van der Waals surface area contributed by atoms with Crippen LogP contribution in [0.15, 0.2) is 18.6 Å². The van der Waals surface area contributed by atoms with Crippen molar-refractivity contribution in [1.82, 2.24) is 25.0 Å². The van der Waals surface area contributed by atoms with Gasteiger partial charge in [-0.25, -0.2) is 9.78 Å². The van der Waals surface area contributed by atoms with Crippen LogP contribution in [0.1, 0.15) is 5.69 Å². The summed E-state index contributed by atoms with van der Waals surface area (Å²) in [7, 11) is 0. The summed E-state index contributed by atoms with van der Waals surface area (Å²) in [6.07, 6.45) is 3.28. The maximum absolute atomic E-state index is 4.14. The first kappa shape index (κ1) is 6.09. The molecule has 2 rings (SSSR count). The molecular formula is C6H7N5. The lowest BCUT2D eigenvalue weighted by Crippen LogP contribution is -1.96. The Labute approximate surface area is 63.1 Å². The number of H-pyrrole nitrogens is 1. The lowest BCUT2D eigenvalue weighted by molar-refractivity contribution is 0.802. The van der Waals surface area contributed by atoms with Crippen molar-refractivity contribution in [3.63, 3.8) is 0 Å². The largest absolute Gasteiger partial charge is 0.246 e. The van der Waals surface area contributed by atoms with Crippen LogP contribution in [0.4, 0.5) is 0 Å². The first-order valence-corrected chi connectivity index (χ1v) is 3.24. The third-order valence-electron chi connectivity index (χ3n) is 1.34. The molecule has 0 saturated carbocycles. The zero-order valence-corrected chi connectivity index (χ0v) is 6.02. The van der Waals surface area contributed by atoms with E-state index in [4.69, 9.17) is 0 Å². The number of nitrogens with zero attached hydrogens (tertiary/aromatic N) is 4. The van der Waals surface area contributed by atoms with Crippen LogP contribution in [0, 0.1) is 6.92 Å². The molecule has 11 heavy (non-hydrogen) atoms. The lowest BCUT2D eigenvalue weighted by Gasteiger charge is -1.90. The Kier molecular flexibility index (Phi) is 1.21. The van der Waals surface area contributed by atoms with Gasteiger partial charge in [0.05, 0.1) is 5.69 Å². The van der Waals surface area contributed by atoms with Gasteiger partial charge in [-0.1, -0.05) is 0 Å². The normalized spacial score (nSPS) is 10.3. The monoisotopic (exact) mass is 149 g/mol. The van der Waals surface area contributed by atoms with Crippen LogP contribution in [-0.2, 0) is 0 Å². The topological polar surface area (TPSA) is 59.4 Å². The van der Waals surface area contributed by atoms with Crippen molar-refractivity contribution >= 4 is 0 Å². The minimum atomic E-state index is 0.637. The van der Waals surface area contributed by atoms with Gasteiger partial charge >= 0.3 is 0 Å². The number of hydrogen-bond donors (Lipinski definition) is 1. The second-order valence-corrected chi connectivity index (χ2v) is 2.21. The molecule has 1 N–H and O–H groups in total. The van der Waals surface area contributed by atoms with E-state index in [9.17, 15) is 0 Å². The number of aromatic nitrogens is 5. The lowest BCUT2D eigenvalue weighted by atomic mass is 10.5. The number of aryl methyl sites for hydroxylation is 1. The number of aromatic amines is 1. The zero-order valence-electron chi connectivity index (χ0n) is 6.02. The summed E-state index contributed by atoms with van der Waals surface area (Å²) >= 11 is 0. The summed E-state index contributed by atoms with van der Waals surface area (Å²) in [4.78, 5) is 3.93. The smallest absolute Gasteiger partial charge is 0.244 e. The molecule has 0 aliphatic heterocycles. The Hall–Kier alpha value is -1.65. The fourth-order valence-electron chi connectivity index (χ4n) is 0.842. The third-order valence-corrected chi connectivity index (χ3v) is 1.34. The molecule has 5 nitrogen and oxygen atoms in total. The van der Waals surface area contributed by atoms with Crippen LogP contribution in [0.5, 0.6) is 0 Å². The van der Waals surface area contributed by atoms with Gasteiger partial charge in [-0.15, -0.1) is 0 Å². The molecule has 2 aromatic heterocycles. The van der Waals surface area contributed by atoms with E-state index >= 15 is 0 Å². The highest BCUT2D eigenvalue weighted by atomic mass is 15.4. The van der Waals surface area contributed by atoms with E-state index in [1.807, 2.05) is 19.2 Å².